The molecule has 106 valence electrons. The molecule has 3 nitrogen and oxygen atoms in total. The van der Waals surface area contributed by atoms with Crippen LogP contribution >= 0.6 is 11.6 Å². The molecular formula is C16H20ClN3. The molecule has 3 rings (SSSR count). The second kappa shape index (κ2) is 5.88. The Bertz CT molecular complexity index is 587. The smallest absolute Gasteiger partial charge is 0.133 e. The number of rotatable bonds is 3. The van der Waals surface area contributed by atoms with Crippen molar-refractivity contribution in [3.8, 4) is 5.69 Å². The number of aromatic nitrogens is 2. The van der Waals surface area contributed by atoms with Crippen LogP contribution < -0.4 is 5.32 Å². The Morgan fingerprint density at radius 1 is 1.25 bits per heavy atom. The maximum atomic E-state index is 5.98. The average Bonchev–Trinajstić information content (AvgIpc) is 2.64. The van der Waals surface area contributed by atoms with Gasteiger partial charge in [0.15, 0.2) is 0 Å². The summed E-state index contributed by atoms with van der Waals surface area (Å²) in [6.07, 6.45) is 5.77. The molecule has 0 radical (unpaired) electrons. The summed E-state index contributed by atoms with van der Waals surface area (Å²) in [7, 11) is 0. The van der Waals surface area contributed by atoms with Gasteiger partial charge in [0.25, 0.3) is 0 Å². The molecule has 0 unspecified atom stereocenters. The molecule has 0 fully saturated rings. The van der Waals surface area contributed by atoms with Crippen molar-refractivity contribution in [1.29, 1.82) is 0 Å². The maximum Gasteiger partial charge on any atom is 0.133 e. The largest absolute Gasteiger partial charge is 0.370 e. The van der Waals surface area contributed by atoms with E-state index in [0.717, 1.165) is 36.5 Å². The summed E-state index contributed by atoms with van der Waals surface area (Å²) in [4.78, 5) is 0. The molecule has 2 aromatic rings. The molecular weight excluding hydrogens is 270 g/mol. The summed E-state index contributed by atoms with van der Waals surface area (Å²) in [5.41, 5.74) is 3.72. The van der Waals surface area contributed by atoms with Crippen molar-refractivity contribution in [3.63, 3.8) is 0 Å². The summed E-state index contributed by atoms with van der Waals surface area (Å²) in [6.45, 7) is 3.23. The Kier molecular flexibility index (Phi) is 3.97. The Balaban J connectivity index is 2.07. The molecule has 0 saturated heterocycles. The molecule has 0 saturated carbocycles. The predicted molar refractivity (Wildman–Crippen MR) is 84.0 cm³/mol. The summed E-state index contributed by atoms with van der Waals surface area (Å²) < 4.78 is 2.04. The van der Waals surface area contributed by atoms with Crippen LogP contribution in [0.1, 0.15) is 37.4 Å². The third-order valence-electron chi connectivity index (χ3n) is 3.77. The fraction of sp³-hybridized carbons (Fsp3) is 0.438. The van der Waals surface area contributed by atoms with E-state index in [9.17, 15) is 0 Å². The highest BCUT2D eigenvalue weighted by Gasteiger charge is 2.19. The molecule has 1 N–H and O–H groups in total. The van der Waals surface area contributed by atoms with Gasteiger partial charge in [-0.05, 0) is 49.9 Å². The number of nitrogens with zero attached hydrogens (tertiary/aromatic N) is 2. The molecule has 4 heteroatoms. The zero-order chi connectivity index (χ0) is 13.9. The second-order valence-corrected chi connectivity index (χ2v) is 5.73. The van der Waals surface area contributed by atoms with Crippen molar-refractivity contribution in [2.75, 3.05) is 11.9 Å². The van der Waals surface area contributed by atoms with Crippen molar-refractivity contribution in [2.24, 2.45) is 0 Å². The van der Waals surface area contributed by atoms with E-state index in [2.05, 4.69) is 12.2 Å². The van der Waals surface area contributed by atoms with Crippen LogP contribution in [0.15, 0.2) is 24.3 Å². The van der Waals surface area contributed by atoms with Crippen LogP contribution in [0.5, 0.6) is 0 Å². The van der Waals surface area contributed by atoms with Crippen molar-refractivity contribution in [2.45, 2.75) is 39.0 Å². The normalized spacial score (nSPS) is 14.5. The number of nitrogens with one attached hydrogen (secondary N) is 1. The van der Waals surface area contributed by atoms with Crippen LogP contribution in [0.2, 0.25) is 5.02 Å². The van der Waals surface area contributed by atoms with Crippen molar-refractivity contribution in [3.05, 3.63) is 40.5 Å². The van der Waals surface area contributed by atoms with Crippen molar-refractivity contribution in [1.82, 2.24) is 9.78 Å². The Hall–Kier alpha value is -1.48. The first-order valence-electron chi connectivity index (χ1n) is 7.40. The van der Waals surface area contributed by atoms with Crippen LogP contribution in [0.25, 0.3) is 5.69 Å². The molecule has 1 aliphatic heterocycles. The van der Waals surface area contributed by atoms with E-state index in [1.807, 2.05) is 28.9 Å². The molecule has 0 aliphatic carbocycles. The number of halogens is 1. The third kappa shape index (κ3) is 2.55. The first-order chi connectivity index (χ1) is 9.79. The van der Waals surface area contributed by atoms with Crippen LogP contribution in [0, 0.1) is 0 Å². The van der Waals surface area contributed by atoms with Crippen molar-refractivity contribution < 1.29 is 0 Å². The lowest BCUT2D eigenvalue weighted by Gasteiger charge is -2.09. The SMILES string of the molecule is CCCc1nn(-c2ccc(Cl)cc2)c2c1CCCCN2. The molecule has 0 amide bonds. The van der Waals surface area contributed by atoms with Gasteiger partial charge < -0.3 is 5.32 Å². The molecule has 1 aromatic carbocycles. The Labute approximate surface area is 124 Å². The summed E-state index contributed by atoms with van der Waals surface area (Å²) >= 11 is 5.98. The van der Waals surface area contributed by atoms with Crippen molar-refractivity contribution >= 4 is 17.4 Å². The lowest BCUT2D eigenvalue weighted by atomic mass is 10.1. The van der Waals surface area contributed by atoms with Crippen LogP contribution in [-0.2, 0) is 12.8 Å². The zero-order valence-electron chi connectivity index (χ0n) is 11.8. The Morgan fingerprint density at radius 3 is 2.80 bits per heavy atom. The fourth-order valence-corrected chi connectivity index (χ4v) is 2.91. The Morgan fingerprint density at radius 2 is 2.05 bits per heavy atom. The number of hydrogen-bond acceptors (Lipinski definition) is 2. The van der Waals surface area contributed by atoms with Crippen LogP contribution in [0.3, 0.4) is 0 Å². The monoisotopic (exact) mass is 289 g/mol. The quantitative estimate of drug-likeness (QED) is 0.916. The van der Waals surface area contributed by atoms with E-state index in [0.29, 0.717) is 0 Å². The van der Waals surface area contributed by atoms with Gasteiger partial charge in [0.1, 0.15) is 5.82 Å². The molecule has 0 atom stereocenters. The van der Waals surface area contributed by atoms with E-state index in [-0.39, 0.29) is 0 Å². The number of fused-ring (bicyclic) bond motifs is 1. The van der Waals surface area contributed by atoms with Gasteiger partial charge in [-0.3, -0.25) is 0 Å². The molecule has 1 aromatic heterocycles. The topological polar surface area (TPSA) is 29.9 Å². The number of aryl methyl sites for hydroxylation is 1. The van der Waals surface area contributed by atoms with Gasteiger partial charge in [0.05, 0.1) is 11.4 Å². The van der Waals surface area contributed by atoms with Gasteiger partial charge in [0.2, 0.25) is 0 Å². The predicted octanol–water partition coefficient (Wildman–Crippen LogP) is 4.23. The second-order valence-electron chi connectivity index (χ2n) is 5.30. The van der Waals surface area contributed by atoms with E-state index >= 15 is 0 Å². The van der Waals surface area contributed by atoms with Crippen LogP contribution in [-0.4, -0.2) is 16.3 Å². The molecule has 20 heavy (non-hydrogen) atoms. The highest BCUT2D eigenvalue weighted by Crippen LogP contribution is 2.29. The highest BCUT2D eigenvalue weighted by atomic mass is 35.5. The lowest BCUT2D eigenvalue weighted by molar-refractivity contribution is 0.753. The van der Waals surface area contributed by atoms with E-state index in [1.165, 1.54) is 29.9 Å². The minimum Gasteiger partial charge on any atom is -0.370 e. The number of benzene rings is 1. The van der Waals surface area contributed by atoms with Gasteiger partial charge in [-0.2, -0.15) is 5.10 Å². The standard InChI is InChI=1S/C16H20ClN3/c1-2-5-15-14-6-3-4-11-18-16(14)20(19-15)13-9-7-12(17)8-10-13/h7-10,18H,2-6,11H2,1H3. The summed E-state index contributed by atoms with van der Waals surface area (Å²) in [5, 5.41) is 9.15. The van der Waals surface area contributed by atoms with Gasteiger partial charge in [-0.1, -0.05) is 24.9 Å². The molecule has 2 heterocycles. The minimum absolute atomic E-state index is 0.758. The van der Waals surface area contributed by atoms with Gasteiger partial charge in [-0.15, -0.1) is 0 Å². The minimum atomic E-state index is 0.758. The van der Waals surface area contributed by atoms with Gasteiger partial charge >= 0.3 is 0 Å². The average molecular weight is 290 g/mol. The molecule has 0 spiro atoms. The van der Waals surface area contributed by atoms with E-state index in [1.54, 1.807) is 0 Å². The molecule has 0 bridgehead atoms. The third-order valence-corrected chi connectivity index (χ3v) is 4.02. The molecule has 1 aliphatic rings. The van der Waals surface area contributed by atoms with E-state index < -0.39 is 0 Å². The first kappa shape index (κ1) is 13.5. The highest BCUT2D eigenvalue weighted by molar-refractivity contribution is 6.30. The fourth-order valence-electron chi connectivity index (χ4n) is 2.78. The van der Waals surface area contributed by atoms with Gasteiger partial charge in [-0.25, -0.2) is 4.68 Å². The summed E-state index contributed by atoms with van der Waals surface area (Å²) in [6, 6.07) is 7.89. The first-order valence-corrected chi connectivity index (χ1v) is 7.78. The lowest BCUT2D eigenvalue weighted by Crippen LogP contribution is -2.07. The van der Waals surface area contributed by atoms with E-state index in [4.69, 9.17) is 16.7 Å². The number of hydrogen-bond donors (Lipinski definition) is 1. The maximum absolute atomic E-state index is 5.98. The van der Waals surface area contributed by atoms with Crippen LogP contribution in [0.4, 0.5) is 5.82 Å². The zero-order valence-corrected chi connectivity index (χ0v) is 12.6. The summed E-state index contributed by atoms with van der Waals surface area (Å²) in [5.74, 6) is 1.17. The number of anilines is 1. The van der Waals surface area contributed by atoms with Gasteiger partial charge in [0, 0.05) is 17.1 Å².